The summed E-state index contributed by atoms with van der Waals surface area (Å²) in [4.78, 5) is 4.42. The number of nitrogens with zero attached hydrogens (tertiary/aromatic N) is 1. The van der Waals surface area contributed by atoms with E-state index in [1.807, 2.05) is 6.07 Å². The van der Waals surface area contributed by atoms with E-state index in [-0.39, 0.29) is 35.5 Å². The fourth-order valence-electron chi connectivity index (χ4n) is 2.37. The lowest BCUT2D eigenvalue weighted by molar-refractivity contribution is 0.592. The van der Waals surface area contributed by atoms with Gasteiger partial charge in [-0.2, -0.15) is 0 Å². The Morgan fingerprint density at radius 2 is 1.81 bits per heavy atom. The van der Waals surface area contributed by atoms with E-state index >= 15 is 0 Å². The van der Waals surface area contributed by atoms with Gasteiger partial charge in [0.2, 0.25) is 0 Å². The number of aliphatic imine (C=N–C) groups is 1. The summed E-state index contributed by atoms with van der Waals surface area (Å²) in [6, 6.07) is 13.5. The molecular formula is C19H25FIN3O2S. The third kappa shape index (κ3) is 7.45. The van der Waals surface area contributed by atoms with E-state index in [1.54, 1.807) is 50.4 Å². The molecule has 2 rings (SSSR count). The van der Waals surface area contributed by atoms with Crippen molar-refractivity contribution >= 4 is 39.8 Å². The first-order valence-electron chi connectivity index (χ1n) is 8.40. The van der Waals surface area contributed by atoms with Gasteiger partial charge in [-0.3, -0.25) is 4.99 Å². The molecule has 2 aromatic rings. The van der Waals surface area contributed by atoms with Crippen LogP contribution in [-0.2, 0) is 16.4 Å². The average Bonchev–Trinajstić information content (AvgIpc) is 2.64. The summed E-state index contributed by atoms with van der Waals surface area (Å²) < 4.78 is 38.0. The van der Waals surface area contributed by atoms with Crippen LogP contribution in [0, 0.1) is 12.7 Å². The highest BCUT2D eigenvalue weighted by atomic mass is 127. The molecule has 0 fully saturated rings. The number of guanidine groups is 1. The first kappa shape index (κ1) is 23.4. The Morgan fingerprint density at radius 1 is 1.11 bits per heavy atom. The molecule has 2 N–H and O–H groups in total. The van der Waals surface area contributed by atoms with Crippen LogP contribution >= 0.6 is 24.0 Å². The highest BCUT2D eigenvalue weighted by molar-refractivity contribution is 14.0. The minimum Gasteiger partial charge on any atom is -0.356 e. The van der Waals surface area contributed by atoms with Gasteiger partial charge in [0.15, 0.2) is 15.8 Å². The lowest BCUT2D eigenvalue weighted by atomic mass is 10.1. The van der Waals surface area contributed by atoms with Crippen molar-refractivity contribution in [2.75, 3.05) is 19.3 Å². The van der Waals surface area contributed by atoms with E-state index in [0.717, 1.165) is 5.56 Å². The van der Waals surface area contributed by atoms with Gasteiger partial charge in [-0.1, -0.05) is 30.3 Å². The van der Waals surface area contributed by atoms with Crippen molar-refractivity contribution in [1.82, 2.24) is 10.6 Å². The first-order chi connectivity index (χ1) is 12.4. The summed E-state index contributed by atoms with van der Waals surface area (Å²) in [5.41, 5.74) is 1.42. The van der Waals surface area contributed by atoms with Crippen LogP contribution in [0.2, 0.25) is 0 Å². The standard InChI is InChI=1S/C19H24FN3O2S.HI/c1-15-9-10-16(13-18(15)20)14-23-19(21-2)22-11-6-12-26(24,25)17-7-4-3-5-8-17;/h3-5,7-10,13H,6,11-12,14H2,1-2H3,(H2,21,22,23);1H. The molecule has 0 aliphatic rings. The second-order valence-corrected chi connectivity index (χ2v) is 8.03. The van der Waals surface area contributed by atoms with Gasteiger partial charge in [-0.15, -0.1) is 24.0 Å². The Kier molecular flexibility index (Phi) is 9.71. The molecule has 8 heteroatoms. The van der Waals surface area contributed by atoms with Crippen molar-refractivity contribution < 1.29 is 12.8 Å². The maximum absolute atomic E-state index is 13.6. The minimum absolute atomic E-state index is 0. The molecule has 27 heavy (non-hydrogen) atoms. The molecule has 0 aliphatic heterocycles. The summed E-state index contributed by atoms with van der Waals surface area (Å²) in [7, 11) is -1.64. The van der Waals surface area contributed by atoms with Crippen LogP contribution in [0.15, 0.2) is 58.4 Å². The van der Waals surface area contributed by atoms with Gasteiger partial charge in [0, 0.05) is 20.1 Å². The van der Waals surface area contributed by atoms with Crippen molar-refractivity contribution in [3.63, 3.8) is 0 Å². The Labute approximate surface area is 177 Å². The second-order valence-electron chi connectivity index (χ2n) is 5.92. The number of rotatable bonds is 7. The van der Waals surface area contributed by atoms with Gasteiger partial charge in [0.05, 0.1) is 10.6 Å². The molecule has 0 aromatic heterocycles. The predicted octanol–water partition coefficient (Wildman–Crippen LogP) is 3.28. The van der Waals surface area contributed by atoms with Crippen molar-refractivity contribution in [1.29, 1.82) is 0 Å². The van der Waals surface area contributed by atoms with E-state index in [2.05, 4.69) is 15.6 Å². The zero-order valence-electron chi connectivity index (χ0n) is 15.4. The summed E-state index contributed by atoms with van der Waals surface area (Å²) in [6.07, 6.45) is 0.455. The van der Waals surface area contributed by atoms with Crippen molar-refractivity contribution in [3.05, 3.63) is 65.5 Å². The molecule has 0 saturated carbocycles. The Hall–Kier alpha value is -1.68. The molecule has 0 unspecified atom stereocenters. The molecular weight excluding hydrogens is 480 g/mol. The molecule has 0 atom stereocenters. The fraction of sp³-hybridized carbons (Fsp3) is 0.316. The van der Waals surface area contributed by atoms with Gasteiger partial charge in [-0.05, 0) is 42.7 Å². The third-order valence-corrected chi connectivity index (χ3v) is 5.72. The molecule has 0 aliphatic carbocycles. The molecule has 0 saturated heterocycles. The first-order valence-corrected chi connectivity index (χ1v) is 10.0. The Balaban J connectivity index is 0.00000364. The Bertz CT molecular complexity index is 859. The van der Waals surface area contributed by atoms with E-state index < -0.39 is 9.84 Å². The molecule has 0 heterocycles. The van der Waals surface area contributed by atoms with Crippen molar-refractivity contribution in [3.8, 4) is 0 Å². The van der Waals surface area contributed by atoms with E-state index in [0.29, 0.717) is 35.9 Å². The molecule has 0 spiro atoms. The van der Waals surface area contributed by atoms with Gasteiger partial charge >= 0.3 is 0 Å². The largest absolute Gasteiger partial charge is 0.356 e. The summed E-state index contributed by atoms with van der Waals surface area (Å²) in [6.45, 7) is 2.61. The van der Waals surface area contributed by atoms with Crippen LogP contribution in [0.5, 0.6) is 0 Å². The topological polar surface area (TPSA) is 70.6 Å². The van der Waals surface area contributed by atoms with Crippen molar-refractivity contribution in [2.45, 2.75) is 24.8 Å². The van der Waals surface area contributed by atoms with Crippen LogP contribution < -0.4 is 10.6 Å². The summed E-state index contributed by atoms with van der Waals surface area (Å²) in [5.74, 6) is 0.367. The number of hydrogen-bond acceptors (Lipinski definition) is 3. The average molecular weight is 505 g/mol. The minimum atomic E-state index is -3.27. The monoisotopic (exact) mass is 505 g/mol. The SMILES string of the molecule is CN=C(NCCCS(=O)(=O)c1ccccc1)NCc1ccc(C)c(F)c1.I. The van der Waals surface area contributed by atoms with Gasteiger partial charge in [0.25, 0.3) is 0 Å². The zero-order valence-corrected chi connectivity index (χ0v) is 18.6. The second kappa shape index (κ2) is 11.2. The van der Waals surface area contributed by atoms with Crippen LogP contribution in [0.4, 0.5) is 4.39 Å². The van der Waals surface area contributed by atoms with Gasteiger partial charge < -0.3 is 10.6 Å². The fourth-order valence-corrected chi connectivity index (χ4v) is 3.70. The maximum atomic E-state index is 13.6. The number of benzene rings is 2. The van der Waals surface area contributed by atoms with E-state index in [4.69, 9.17) is 0 Å². The molecule has 0 amide bonds. The molecule has 0 bridgehead atoms. The lowest BCUT2D eigenvalue weighted by Crippen LogP contribution is -2.37. The highest BCUT2D eigenvalue weighted by Crippen LogP contribution is 2.11. The smallest absolute Gasteiger partial charge is 0.191 e. The third-order valence-electron chi connectivity index (χ3n) is 3.90. The normalized spacial score (nSPS) is 11.6. The predicted molar refractivity (Wildman–Crippen MR) is 118 cm³/mol. The van der Waals surface area contributed by atoms with E-state index in [9.17, 15) is 12.8 Å². The van der Waals surface area contributed by atoms with Crippen LogP contribution in [0.1, 0.15) is 17.5 Å². The number of sulfone groups is 1. The lowest BCUT2D eigenvalue weighted by Gasteiger charge is -2.12. The van der Waals surface area contributed by atoms with Gasteiger partial charge in [-0.25, -0.2) is 12.8 Å². The summed E-state index contributed by atoms with van der Waals surface area (Å²) in [5, 5.41) is 6.15. The highest BCUT2D eigenvalue weighted by Gasteiger charge is 2.13. The zero-order chi connectivity index (χ0) is 19.0. The van der Waals surface area contributed by atoms with Gasteiger partial charge in [0.1, 0.15) is 5.82 Å². The number of halogens is 2. The van der Waals surface area contributed by atoms with Crippen LogP contribution in [-0.4, -0.2) is 33.7 Å². The molecule has 2 aromatic carbocycles. The molecule has 5 nitrogen and oxygen atoms in total. The van der Waals surface area contributed by atoms with Crippen molar-refractivity contribution in [2.24, 2.45) is 4.99 Å². The maximum Gasteiger partial charge on any atom is 0.191 e. The van der Waals surface area contributed by atoms with Crippen LogP contribution in [0.25, 0.3) is 0 Å². The number of nitrogens with one attached hydrogen (secondary N) is 2. The quantitative estimate of drug-likeness (QED) is 0.262. The molecule has 0 radical (unpaired) electrons. The summed E-state index contributed by atoms with van der Waals surface area (Å²) >= 11 is 0. The molecule has 148 valence electrons. The Morgan fingerprint density at radius 3 is 2.44 bits per heavy atom. The number of aryl methyl sites for hydroxylation is 1. The van der Waals surface area contributed by atoms with E-state index in [1.165, 1.54) is 6.07 Å². The van der Waals surface area contributed by atoms with Crippen LogP contribution in [0.3, 0.4) is 0 Å². The number of hydrogen-bond donors (Lipinski definition) is 2.